The predicted molar refractivity (Wildman–Crippen MR) is 99.6 cm³/mol. The molecule has 3 aromatic heterocycles. The molecule has 7 nitrogen and oxygen atoms in total. The summed E-state index contributed by atoms with van der Waals surface area (Å²) in [4.78, 5) is 23.5. The normalized spacial score (nSPS) is 15.3. The zero-order valence-corrected chi connectivity index (χ0v) is 14.8. The zero-order valence-electron chi connectivity index (χ0n) is 14.8. The third-order valence-electron chi connectivity index (χ3n) is 5.05. The molecule has 1 aliphatic rings. The van der Waals surface area contributed by atoms with Gasteiger partial charge in [0.05, 0.1) is 0 Å². The maximum absolute atomic E-state index is 12.9. The van der Waals surface area contributed by atoms with Crippen molar-refractivity contribution in [1.82, 2.24) is 24.5 Å². The highest BCUT2D eigenvalue weighted by Crippen LogP contribution is 2.24. The van der Waals surface area contributed by atoms with Crippen molar-refractivity contribution in [3.63, 3.8) is 0 Å². The molecule has 2 N–H and O–H groups in total. The van der Waals surface area contributed by atoms with Crippen LogP contribution in [0.1, 0.15) is 42.5 Å². The van der Waals surface area contributed by atoms with E-state index >= 15 is 0 Å². The van der Waals surface area contributed by atoms with E-state index in [1.54, 1.807) is 22.8 Å². The number of fused-ring (bicyclic) bond motifs is 1. The van der Waals surface area contributed by atoms with Crippen molar-refractivity contribution in [2.45, 2.75) is 38.1 Å². The lowest BCUT2D eigenvalue weighted by atomic mass is 9.94. The molecule has 1 saturated carbocycles. The van der Waals surface area contributed by atoms with Crippen molar-refractivity contribution in [3.05, 3.63) is 42.1 Å². The van der Waals surface area contributed by atoms with Gasteiger partial charge in [0.1, 0.15) is 11.5 Å². The van der Waals surface area contributed by atoms with Crippen LogP contribution in [-0.2, 0) is 0 Å². The van der Waals surface area contributed by atoms with Crippen molar-refractivity contribution in [2.75, 3.05) is 12.8 Å². The van der Waals surface area contributed by atoms with Crippen LogP contribution in [0.5, 0.6) is 0 Å². The minimum Gasteiger partial charge on any atom is -0.384 e. The Morgan fingerprint density at radius 2 is 2.04 bits per heavy atom. The number of rotatable bonds is 3. The summed E-state index contributed by atoms with van der Waals surface area (Å²) >= 11 is 0. The first-order chi connectivity index (χ1) is 12.6. The molecule has 4 rings (SSSR count). The summed E-state index contributed by atoms with van der Waals surface area (Å²) in [6.45, 7) is 0. The summed E-state index contributed by atoms with van der Waals surface area (Å²) in [5.41, 5.74) is 7.90. The van der Waals surface area contributed by atoms with Gasteiger partial charge in [-0.25, -0.2) is 4.98 Å². The lowest BCUT2D eigenvalue weighted by Crippen LogP contribution is -2.38. The molecule has 134 valence electrons. The summed E-state index contributed by atoms with van der Waals surface area (Å²) in [5.74, 6) is 0.855. The Morgan fingerprint density at radius 1 is 1.23 bits per heavy atom. The number of hydrogen-bond donors (Lipinski definition) is 1. The molecule has 0 unspecified atom stereocenters. The number of carbonyl (C=O) groups excluding carboxylic acids is 1. The van der Waals surface area contributed by atoms with E-state index in [0.29, 0.717) is 34.6 Å². The largest absolute Gasteiger partial charge is 0.384 e. The summed E-state index contributed by atoms with van der Waals surface area (Å²) in [7, 11) is 1.88. The lowest BCUT2D eigenvalue weighted by molar-refractivity contribution is 0.0696. The molecule has 0 saturated heterocycles. The Kier molecular flexibility index (Phi) is 4.28. The van der Waals surface area contributed by atoms with Gasteiger partial charge < -0.3 is 10.6 Å². The Bertz CT molecular complexity index is 930. The van der Waals surface area contributed by atoms with E-state index in [2.05, 4.69) is 15.1 Å². The molecule has 0 aromatic carbocycles. The number of anilines is 1. The molecule has 0 aliphatic heterocycles. The van der Waals surface area contributed by atoms with Gasteiger partial charge in [0.25, 0.3) is 5.91 Å². The minimum atomic E-state index is -0.0199. The van der Waals surface area contributed by atoms with Crippen molar-refractivity contribution in [1.29, 1.82) is 0 Å². The second-order valence-corrected chi connectivity index (χ2v) is 6.80. The Labute approximate surface area is 151 Å². The third kappa shape index (κ3) is 3.00. The average molecular weight is 350 g/mol. The maximum Gasteiger partial charge on any atom is 0.254 e. The van der Waals surface area contributed by atoms with Crippen LogP contribution in [-0.4, -0.2) is 43.5 Å². The van der Waals surface area contributed by atoms with Gasteiger partial charge >= 0.3 is 0 Å². The zero-order chi connectivity index (χ0) is 18.1. The maximum atomic E-state index is 12.9. The molecule has 1 amide bonds. The third-order valence-corrected chi connectivity index (χ3v) is 5.05. The van der Waals surface area contributed by atoms with Crippen LogP contribution < -0.4 is 5.73 Å². The molecular formula is C19H22N6O. The van der Waals surface area contributed by atoms with Crippen LogP contribution in [0.2, 0.25) is 0 Å². The summed E-state index contributed by atoms with van der Waals surface area (Å²) in [6.07, 6.45) is 7.44. The first kappa shape index (κ1) is 16.5. The van der Waals surface area contributed by atoms with E-state index < -0.39 is 0 Å². The average Bonchev–Trinajstić information content (AvgIpc) is 3.13. The molecule has 26 heavy (non-hydrogen) atoms. The van der Waals surface area contributed by atoms with E-state index in [-0.39, 0.29) is 5.91 Å². The van der Waals surface area contributed by atoms with E-state index in [0.717, 1.165) is 12.8 Å². The number of pyridine rings is 2. The van der Waals surface area contributed by atoms with Gasteiger partial charge in [-0.2, -0.15) is 4.52 Å². The second kappa shape index (κ2) is 6.74. The number of carbonyl (C=O) groups is 1. The number of hydrogen-bond acceptors (Lipinski definition) is 5. The highest BCUT2D eigenvalue weighted by Gasteiger charge is 2.24. The molecule has 0 radical (unpaired) electrons. The topological polar surface area (TPSA) is 89.4 Å². The number of nitrogens with two attached hydrogens (primary N) is 1. The van der Waals surface area contributed by atoms with Gasteiger partial charge in [-0.15, -0.1) is 5.10 Å². The second-order valence-electron chi connectivity index (χ2n) is 6.80. The molecule has 7 heteroatoms. The predicted octanol–water partition coefficient (Wildman–Crippen LogP) is 2.78. The first-order valence-corrected chi connectivity index (χ1v) is 8.98. The summed E-state index contributed by atoms with van der Waals surface area (Å²) in [5, 5.41) is 4.41. The van der Waals surface area contributed by atoms with E-state index in [4.69, 9.17) is 5.73 Å². The Balaban J connectivity index is 1.67. The van der Waals surface area contributed by atoms with Gasteiger partial charge in [-0.3, -0.25) is 9.78 Å². The quantitative estimate of drug-likeness (QED) is 0.784. The highest BCUT2D eigenvalue weighted by atomic mass is 16.2. The van der Waals surface area contributed by atoms with E-state index in [1.807, 2.05) is 30.1 Å². The standard InChI is InChI=1S/C19H22N6O/c1-24(14-7-3-2-4-8-14)19(26)13-11-16(20)25-17(12-13)22-18(23-25)15-9-5-6-10-21-15/h5-6,9-12,14H,2-4,7-8,20H2,1H3. The van der Waals surface area contributed by atoms with Gasteiger partial charge in [0, 0.05) is 24.8 Å². The van der Waals surface area contributed by atoms with Crippen molar-refractivity contribution in [3.8, 4) is 11.5 Å². The van der Waals surface area contributed by atoms with Crippen LogP contribution in [0, 0.1) is 0 Å². The summed E-state index contributed by atoms with van der Waals surface area (Å²) < 4.78 is 1.54. The van der Waals surface area contributed by atoms with Crippen LogP contribution in [0.4, 0.5) is 5.82 Å². The van der Waals surface area contributed by atoms with Crippen molar-refractivity contribution < 1.29 is 4.79 Å². The number of nitrogens with zero attached hydrogens (tertiary/aromatic N) is 5. The minimum absolute atomic E-state index is 0.0199. The van der Waals surface area contributed by atoms with Crippen molar-refractivity contribution in [2.24, 2.45) is 0 Å². The number of amides is 1. The van der Waals surface area contributed by atoms with Crippen LogP contribution in [0.3, 0.4) is 0 Å². The smallest absolute Gasteiger partial charge is 0.254 e. The van der Waals surface area contributed by atoms with Crippen molar-refractivity contribution >= 4 is 17.4 Å². The van der Waals surface area contributed by atoms with Crippen LogP contribution in [0.15, 0.2) is 36.5 Å². The SMILES string of the molecule is CN(C(=O)c1cc(N)n2nc(-c3ccccn3)nc2c1)C1CCCCC1. The van der Waals surface area contributed by atoms with Gasteiger partial charge in [-0.05, 0) is 37.1 Å². The molecule has 0 spiro atoms. The Morgan fingerprint density at radius 3 is 2.77 bits per heavy atom. The van der Waals surface area contributed by atoms with Crippen LogP contribution >= 0.6 is 0 Å². The molecule has 0 atom stereocenters. The lowest BCUT2D eigenvalue weighted by Gasteiger charge is -2.31. The molecule has 1 fully saturated rings. The molecule has 1 aliphatic carbocycles. The molecule has 0 bridgehead atoms. The number of aromatic nitrogens is 4. The molecular weight excluding hydrogens is 328 g/mol. The van der Waals surface area contributed by atoms with Gasteiger partial charge in [0.2, 0.25) is 5.82 Å². The van der Waals surface area contributed by atoms with Gasteiger partial charge in [-0.1, -0.05) is 25.3 Å². The Hall–Kier alpha value is -2.96. The number of nitrogen functional groups attached to an aromatic ring is 1. The van der Waals surface area contributed by atoms with E-state index in [1.165, 1.54) is 19.3 Å². The highest BCUT2D eigenvalue weighted by molar-refractivity contribution is 5.96. The summed E-state index contributed by atoms with van der Waals surface area (Å²) in [6, 6.07) is 9.28. The van der Waals surface area contributed by atoms with E-state index in [9.17, 15) is 4.79 Å². The first-order valence-electron chi connectivity index (χ1n) is 8.98. The van der Waals surface area contributed by atoms with Gasteiger partial charge in [0.15, 0.2) is 5.65 Å². The molecule has 3 aromatic rings. The fourth-order valence-electron chi connectivity index (χ4n) is 3.57. The monoisotopic (exact) mass is 350 g/mol. The fraction of sp³-hybridized carbons (Fsp3) is 0.368. The molecule has 3 heterocycles. The fourth-order valence-corrected chi connectivity index (χ4v) is 3.57. The van der Waals surface area contributed by atoms with Crippen LogP contribution in [0.25, 0.3) is 17.2 Å².